The summed E-state index contributed by atoms with van der Waals surface area (Å²) in [6.45, 7) is 6.18. The van der Waals surface area contributed by atoms with Crippen molar-refractivity contribution in [1.29, 1.82) is 0 Å². The third-order valence-electron chi connectivity index (χ3n) is 5.88. The molecule has 0 atom stereocenters. The van der Waals surface area contributed by atoms with E-state index in [0.717, 1.165) is 58.8 Å². The molecule has 10 heteroatoms. The fourth-order valence-electron chi connectivity index (χ4n) is 4.45. The van der Waals surface area contributed by atoms with Gasteiger partial charge in [-0.3, -0.25) is 4.79 Å². The first-order valence-corrected chi connectivity index (χ1v) is 13.1. The molecule has 176 valence electrons. The largest absolute Gasteiger partial charge is 0.462 e. The molecular formula is C24H25N5O3S2. The minimum atomic E-state index is -0.368. The van der Waals surface area contributed by atoms with Crippen molar-refractivity contribution in [1.82, 2.24) is 20.2 Å². The summed E-state index contributed by atoms with van der Waals surface area (Å²) in [4.78, 5) is 34.4. The van der Waals surface area contributed by atoms with Crippen molar-refractivity contribution >= 4 is 62.0 Å². The number of ether oxygens (including phenoxy) is 1. The Hall–Kier alpha value is -2.98. The third-order valence-corrected chi connectivity index (χ3v) is 7.93. The topological polar surface area (TPSA) is 110 Å². The molecular weight excluding hydrogens is 470 g/mol. The second-order valence-electron chi connectivity index (χ2n) is 8.39. The van der Waals surface area contributed by atoms with Gasteiger partial charge in [-0.05, 0) is 63.6 Å². The average molecular weight is 496 g/mol. The van der Waals surface area contributed by atoms with Crippen LogP contribution in [0.3, 0.4) is 0 Å². The van der Waals surface area contributed by atoms with Gasteiger partial charge in [-0.1, -0.05) is 23.4 Å². The van der Waals surface area contributed by atoms with Crippen molar-refractivity contribution in [3.8, 4) is 0 Å². The number of aromatic nitrogens is 4. The first-order valence-electron chi connectivity index (χ1n) is 11.3. The number of carbonyl (C=O) groups is 2. The Morgan fingerprint density at radius 1 is 1.21 bits per heavy atom. The number of benzene rings is 1. The molecule has 2 N–H and O–H groups in total. The summed E-state index contributed by atoms with van der Waals surface area (Å²) in [5, 5.41) is 13.5. The maximum Gasteiger partial charge on any atom is 0.341 e. The number of esters is 1. The van der Waals surface area contributed by atoms with E-state index in [2.05, 4.69) is 37.6 Å². The lowest BCUT2D eigenvalue weighted by molar-refractivity contribution is -0.113. The number of H-pyrrole nitrogens is 1. The van der Waals surface area contributed by atoms with Crippen molar-refractivity contribution in [2.75, 3.05) is 17.7 Å². The van der Waals surface area contributed by atoms with Crippen LogP contribution < -0.4 is 5.32 Å². The smallest absolute Gasteiger partial charge is 0.341 e. The number of hydrogen-bond donors (Lipinski definition) is 2. The van der Waals surface area contributed by atoms with Crippen molar-refractivity contribution in [2.24, 2.45) is 0 Å². The summed E-state index contributed by atoms with van der Waals surface area (Å²) in [7, 11) is 0. The molecule has 0 bridgehead atoms. The molecule has 8 nitrogen and oxygen atoms in total. The summed E-state index contributed by atoms with van der Waals surface area (Å²) in [6.07, 6.45) is 3.91. The normalized spacial score (nSPS) is 13.3. The molecule has 1 amide bonds. The van der Waals surface area contributed by atoms with Crippen molar-refractivity contribution in [2.45, 2.75) is 51.6 Å². The predicted octanol–water partition coefficient (Wildman–Crippen LogP) is 4.97. The molecule has 34 heavy (non-hydrogen) atoms. The van der Waals surface area contributed by atoms with E-state index < -0.39 is 0 Å². The molecule has 0 aliphatic heterocycles. The zero-order valence-corrected chi connectivity index (χ0v) is 20.9. The maximum atomic E-state index is 12.8. The number of carbonyl (C=O) groups excluding carboxylic acids is 2. The number of aryl methyl sites for hydroxylation is 3. The Morgan fingerprint density at radius 2 is 2.03 bits per heavy atom. The predicted molar refractivity (Wildman–Crippen MR) is 135 cm³/mol. The highest BCUT2D eigenvalue weighted by molar-refractivity contribution is 7.99. The molecule has 0 unspecified atom stereocenters. The maximum absolute atomic E-state index is 12.8. The standard InChI is InChI=1S/C24H25N5O3S2/c1-4-32-23(31)18-14-7-5-6-8-16(14)34-22(18)25-17(30)11-33-24-27-21-20(28-29-24)15-10-12(2)9-13(3)19(15)26-21/h9-10H,4-8,11H2,1-3H3,(H,25,30)(H,26,27,29). The monoisotopic (exact) mass is 495 g/mol. The van der Waals surface area contributed by atoms with Gasteiger partial charge in [0.05, 0.1) is 23.4 Å². The molecule has 0 saturated heterocycles. The number of nitrogens with zero attached hydrogens (tertiary/aromatic N) is 3. The van der Waals surface area contributed by atoms with E-state index in [0.29, 0.717) is 28.0 Å². The molecule has 0 saturated carbocycles. The van der Waals surface area contributed by atoms with Crippen LogP contribution in [0.4, 0.5) is 5.00 Å². The van der Waals surface area contributed by atoms with Gasteiger partial charge in [-0.15, -0.1) is 21.5 Å². The van der Waals surface area contributed by atoms with Gasteiger partial charge < -0.3 is 15.0 Å². The lowest BCUT2D eigenvalue weighted by Gasteiger charge is -2.12. The number of amides is 1. The molecule has 4 aromatic rings. The van der Waals surface area contributed by atoms with Gasteiger partial charge in [-0.25, -0.2) is 9.78 Å². The van der Waals surface area contributed by atoms with Gasteiger partial charge in [0.15, 0.2) is 5.65 Å². The van der Waals surface area contributed by atoms with Gasteiger partial charge >= 0.3 is 5.97 Å². The highest BCUT2D eigenvalue weighted by atomic mass is 32.2. The minimum Gasteiger partial charge on any atom is -0.462 e. The van der Waals surface area contributed by atoms with Gasteiger partial charge in [0, 0.05) is 10.3 Å². The molecule has 1 aliphatic carbocycles. The van der Waals surface area contributed by atoms with Crippen LogP contribution >= 0.6 is 23.1 Å². The molecule has 3 heterocycles. The second kappa shape index (κ2) is 9.34. The Morgan fingerprint density at radius 3 is 2.85 bits per heavy atom. The van der Waals surface area contributed by atoms with Crippen LogP contribution in [0, 0.1) is 13.8 Å². The van der Waals surface area contributed by atoms with Gasteiger partial charge in [0.1, 0.15) is 10.5 Å². The average Bonchev–Trinajstić information content (AvgIpc) is 3.35. The van der Waals surface area contributed by atoms with Gasteiger partial charge in [-0.2, -0.15) is 0 Å². The van der Waals surface area contributed by atoms with Crippen molar-refractivity contribution in [3.05, 3.63) is 39.3 Å². The second-order valence-corrected chi connectivity index (χ2v) is 10.4. The number of nitrogens with one attached hydrogen (secondary N) is 2. The van der Waals surface area contributed by atoms with Crippen LogP contribution in [-0.4, -0.2) is 44.4 Å². The van der Waals surface area contributed by atoms with Crippen LogP contribution in [0.15, 0.2) is 17.3 Å². The first-order chi connectivity index (χ1) is 16.4. The number of thioether (sulfide) groups is 1. The number of hydrogen-bond acceptors (Lipinski definition) is 8. The molecule has 0 fully saturated rings. The van der Waals surface area contributed by atoms with E-state index in [-0.39, 0.29) is 17.6 Å². The van der Waals surface area contributed by atoms with Crippen LogP contribution in [0.1, 0.15) is 51.7 Å². The quantitative estimate of drug-likeness (QED) is 0.287. The summed E-state index contributed by atoms with van der Waals surface area (Å²) < 4.78 is 5.26. The summed E-state index contributed by atoms with van der Waals surface area (Å²) in [5.74, 6) is -0.482. The number of aromatic amines is 1. The molecule has 0 radical (unpaired) electrons. The highest BCUT2D eigenvalue weighted by Crippen LogP contribution is 2.38. The molecule has 0 spiro atoms. The fraction of sp³-hybridized carbons (Fsp3) is 0.375. The Balaban J connectivity index is 1.33. The van der Waals surface area contributed by atoms with Crippen LogP contribution in [-0.2, 0) is 22.4 Å². The summed E-state index contributed by atoms with van der Waals surface area (Å²) in [5.41, 5.74) is 6.19. The Labute approximate surface area is 204 Å². The van der Waals surface area contributed by atoms with Gasteiger partial charge in [0.25, 0.3) is 0 Å². The number of rotatable bonds is 6. The minimum absolute atomic E-state index is 0.108. The summed E-state index contributed by atoms with van der Waals surface area (Å²) >= 11 is 2.69. The van der Waals surface area contributed by atoms with Crippen LogP contribution in [0.2, 0.25) is 0 Å². The van der Waals surface area contributed by atoms with Crippen LogP contribution in [0.25, 0.3) is 22.1 Å². The van der Waals surface area contributed by atoms with Gasteiger partial charge in [0.2, 0.25) is 11.1 Å². The Kier molecular flexibility index (Phi) is 6.26. The van der Waals surface area contributed by atoms with E-state index in [1.54, 1.807) is 6.92 Å². The van der Waals surface area contributed by atoms with Crippen molar-refractivity contribution in [3.63, 3.8) is 0 Å². The van der Waals surface area contributed by atoms with Crippen molar-refractivity contribution < 1.29 is 14.3 Å². The number of anilines is 1. The van der Waals surface area contributed by atoms with E-state index in [9.17, 15) is 9.59 Å². The third kappa shape index (κ3) is 4.27. The SMILES string of the molecule is CCOC(=O)c1c(NC(=O)CSc2nnc3c(n2)[nH]c2c(C)cc(C)cc23)sc2c1CCCC2. The number of thiophene rings is 1. The molecule has 1 aliphatic rings. The van der Waals surface area contributed by atoms with E-state index in [1.807, 2.05) is 13.8 Å². The molecule has 5 rings (SSSR count). The zero-order chi connectivity index (χ0) is 23.8. The van der Waals surface area contributed by atoms with E-state index in [4.69, 9.17) is 4.74 Å². The van der Waals surface area contributed by atoms with E-state index in [1.165, 1.54) is 28.0 Å². The first kappa shape index (κ1) is 22.8. The summed E-state index contributed by atoms with van der Waals surface area (Å²) in [6, 6.07) is 4.18. The lowest BCUT2D eigenvalue weighted by atomic mass is 9.95. The van der Waals surface area contributed by atoms with Crippen LogP contribution in [0.5, 0.6) is 0 Å². The fourth-order valence-corrected chi connectivity index (χ4v) is 6.33. The molecule has 1 aromatic carbocycles. The highest BCUT2D eigenvalue weighted by Gasteiger charge is 2.27. The zero-order valence-electron chi connectivity index (χ0n) is 19.3. The Bertz CT molecular complexity index is 1430. The lowest BCUT2D eigenvalue weighted by Crippen LogP contribution is -2.17. The number of fused-ring (bicyclic) bond motifs is 4. The molecule has 3 aromatic heterocycles. The van der Waals surface area contributed by atoms with E-state index >= 15 is 0 Å².